The molecule has 0 N–H and O–H groups in total. The molecule has 3 heteroatoms. The Morgan fingerprint density at radius 1 is 1.24 bits per heavy atom. The predicted octanol–water partition coefficient (Wildman–Crippen LogP) is 4.14. The summed E-state index contributed by atoms with van der Waals surface area (Å²) >= 11 is 0. The zero-order valence-corrected chi connectivity index (χ0v) is 15.0. The Morgan fingerprint density at radius 2 is 1.86 bits per heavy atom. The molecule has 116 valence electrons. The Balaban J connectivity index is 2.88. The summed E-state index contributed by atoms with van der Waals surface area (Å²) in [7, 11) is -1.64. The summed E-state index contributed by atoms with van der Waals surface area (Å²) in [6, 6.07) is 11.5. The van der Waals surface area contributed by atoms with Crippen molar-refractivity contribution in [2.45, 2.75) is 46.3 Å². The summed E-state index contributed by atoms with van der Waals surface area (Å²) < 4.78 is 5.27. The fourth-order valence-electron chi connectivity index (χ4n) is 2.52. The molecule has 0 saturated heterocycles. The molecule has 0 saturated carbocycles. The highest BCUT2D eigenvalue weighted by molar-refractivity contribution is 6.89. The summed E-state index contributed by atoms with van der Waals surface area (Å²) in [5, 5.41) is 1.40. The van der Waals surface area contributed by atoms with Crippen LogP contribution < -0.4 is 5.19 Å². The molecule has 2 nitrogen and oxygen atoms in total. The van der Waals surface area contributed by atoms with Crippen LogP contribution in [0.4, 0.5) is 0 Å². The normalized spacial score (nSPS) is 12.6. The van der Waals surface area contributed by atoms with E-state index in [-0.39, 0.29) is 11.9 Å². The van der Waals surface area contributed by atoms with Crippen molar-refractivity contribution < 1.29 is 9.53 Å². The molecule has 1 rings (SSSR count). The lowest BCUT2D eigenvalue weighted by Gasteiger charge is -2.27. The van der Waals surface area contributed by atoms with Gasteiger partial charge in [-0.15, -0.1) is 0 Å². The van der Waals surface area contributed by atoms with Crippen LogP contribution in [0.5, 0.6) is 0 Å². The number of benzene rings is 1. The molecule has 1 unspecified atom stereocenters. The summed E-state index contributed by atoms with van der Waals surface area (Å²) in [4.78, 5) is 12.2. The van der Waals surface area contributed by atoms with Gasteiger partial charge < -0.3 is 4.74 Å². The molecule has 1 atom stereocenters. The van der Waals surface area contributed by atoms with Gasteiger partial charge in [0.05, 0.1) is 20.6 Å². The molecule has 0 radical (unpaired) electrons. The van der Waals surface area contributed by atoms with Crippen LogP contribution in [-0.2, 0) is 9.53 Å². The molecule has 0 aliphatic heterocycles. The van der Waals surface area contributed by atoms with Crippen LogP contribution in [-0.4, -0.2) is 20.7 Å². The molecular weight excluding hydrogens is 276 g/mol. The maximum atomic E-state index is 12.2. The molecule has 0 bridgehead atoms. The van der Waals surface area contributed by atoms with Gasteiger partial charge in [-0.3, -0.25) is 4.79 Å². The van der Waals surface area contributed by atoms with Crippen molar-refractivity contribution in [1.82, 2.24) is 0 Å². The van der Waals surface area contributed by atoms with Crippen LogP contribution in [0, 0.1) is 5.92 Å². The standard InChI is InChI=1S/C18H28O2Si/c1-6-20-18(19)16(13-12-15(2)3)14-21(4,5)17-10-8-7-9-11-17/h7-12,16H,6,13-14H2,1-5H3. The highest BCUT2D eigenvalue weighted by Gasteiger charge is 2.31. The molecular formula is C18H28O2Si. The number of allylic oxidation sites excluding steroid dienone is 2. The van der Waals surface area contributed by atoms with E-state index in [4.69, 9.17) is 4.74 Å². The van der Waals surface area contributed by atoms with Crippen molar-refractivity contribution in [3.05, 3.63) is 42.0 Å². The maximum Gasteiger partial charge on any atom is 0.308 e. The zero-order valence-electron chi connectivity index (χ0n) is 14.0. The first-order chi connectivity index (χ1) is 9.86. The molecule has 0 spiro atoms. The zero-order chi connectivity index (χ0) is 15.9. The van der Waals surface area contributed by atoms with E-state index in [1.807, 2.05) is 13.0 Å². The summed E-state index contributed by atoms with van der Waals surface area (Å²) in [6.07, 6.45) is 2.93. The van der Waals surface area contributed by atoms with E-state index < -0.39 is 8.07 Å². The minimum Gasteiger partial charge on any atom is -0.466 e. The van der Waals surface area contributed by atoms with Gasteiger partial charge in [0.2, 0.25) is 0 Å². The van der Waals surface area contributed by atoms with E-state index in [0.717, 1.165) is 12.5 Å². The number of hydrogen-bond acceptors (Lipinski definition) is 2. The fourth-order valence-corrected chi connectivity index (χ4v) is 5.42. The third-order valence-corrected chi connectivity index (χ3v) is 7.15. The molecule has 0 amide bonds. The highest BCUT2D eigenvalue weighted by atomic mass is 28.3. The molecule has 1 aromatic carbocycles. The van der Waals surface area contributed by atoms with Gasteiger partial charge in [0.1, 0.15) is 0 Å². The van der Waals surface area contributed by atoms with Gasteiger partial charge in [0.25, 0.3) is 0 Å². The molecule has 1 aromatic rings. The molecule has 21 heavy (non-hydrogen) atoms. The largest absolute Gasteiger partial charge is 0.466 e. The van der Waals surface area contributed by atoms with E-state index in [0.29, 0.717) is 6.61 Å². The van der Waals surface area contributed by atoms with E-state index in [1.54, 1.807) is 0 Å². The van der Waals surface area contributed by atoms with Crippen molar-refractivity contribution in [2.24, 2.45) is 5.92 Å². The molecule has 0 aliphatic carbocycles. The first kappa shape index (κ1) is 17.7. The highest BCUT2D eigenvalue weighted by Crippen LogP contribution is 2.22. The molecule has 0 heterocycles. The summed E-state index contributed by atoms with van der Waals surface area (Å²) in [6.45, 7) is 11.1. The van der Waals surface area contributed by atoms with Gasteiger partial charge in [0.15, 0.2) is 0 Å². The molecule has 0 aliphatic rings. The van der Waals surface area contributed by atoms with E-state index in [9.17, 15) is 4.79 Å². The van der Waals surface area contributed by atoms with Crippen molar-refractivity contribution in [1.29, 1.82) is 0 Å². The lowest BCUT2D eigenvalue weighted by atomic mass is 10.1. The third kappa shape index (κ3) is 5.88. The quantitative estimate of drug-likeness (QED) is 0.430. The van der Waals surface area contributed by atoms with E-state index in [2.05, 4.69) is 57.3 Å². The SMILES string of the molecule is CCOC(=O)C(CC=C(C)C)C[Si](C)(C)c1ccccc1. The maximum absolute atomic E-state index is 12.2. The minimum atomic E-state index is -1.64. The van der Waals surface area contributed by atoms with Gasteiger partial charge >= 0.3 is 5.97 Å². The lowest BCUT2D eigenvalue weighted by Crippen LogP contribution is -2.44. The van der Waals surface area contributed by atoms with Crippen molar-refractivity contribution in [2.75, 3.05) is 6.61 Å². The van der Waals surface area contributed by atoms with Crippen LogP contribution >= 0.6 is 0 Å². The average Bonchev–Trinajstić information content (AvgIpc) is 2.44. The Labute approximate surface area is 130 Å². The lowest BCUT2D eigenvalue weighted by molar-refractivity contribution is -0.147. The summed E-state index contributed by atoms with van der Waals surface area (Å²) in [5.41, 5.74) is 1.25. The van der Waals surface area contributed by atoms with Gasteiger partial charge in [-0.05, 0) is 33.2 Å². The molecule has 0 aromatic heterocycles. The number of ether oxygens (including phenoxy) is 1. The number of esters is 1. The van der Waals surface area contributed by atoms with Crippen molar-refractivity contribution in [3.8, 4) is 0 Å². The smallest absolute Gasteiger partial charge is 0.308 e. The fraction of sp³-hybridized carbons (Fsp3) is 0.500. The van der Waals surface area contributed by atoms with Gasteiger partial charge in [-0.1, -0.05) is 60.3 Å². The Hall–Kier alpha value is -1.35. The Kier molecular flexibility index (Phi) is 6.89. The van der Waals surface area contributed by atoms with E-state index >= 15 is 0 Å². The topological polar surface area (TPSA) is 26.3 Å². The number of hydrogen-bond donors (Lipinski definition) is 0. The van der Waals surface area contributed by atoms with E-state index in [1.165, 1.54) is 10.8 Å². The first-order valence-corrected chi connectivity index (χ1v) is 10.9. The Morgan fingerprint density at radius 3 is 2.38 bits per heavy atom. The van der Waals surface area contributed by atoms with Crippen LogP contribution in [0.25, 0.3) is 0 Å². The molecule has 0 fully saturated rings. The van der Waals surface area contributed by atoms with Crippen LogP contribution in [0.2, 0.25) is 19.1 Å². The van der Waals surface area contributed by atoms with Gasteiger partial charge in [-0.25, -0.2) is 0 Å². The number of carbonyl (C=O) groups excluding carboxylic acids is 1. The van der Waals surface area contributed by atoms with Gasteiger partial charge in [-0.2, -0.15) is 0 Å². The van der Waals surface area contributed by atoms with Crippen LogP contribution in [0.3, 0.4) is 0 Å². The second-order valence-electron chi connectivity index (χ2n) is 6.42. The second-order valence-corrected chi connectivity index (χ2v) is 11.2. The average molecular weight is 305 g/mol. The Bertz CT molecular complexity index is 473. The third-order valence-electron chi connectivity index (χ3n) is 3.74. The number of carbonyl (C=O) groups is 1. The van der Waals surface area contributed by atoms with Crippen LogP contribution in [0.15, 0.2) is 42.0 Å². The van der Waals surface area contributed by atoms with Crippen molar-refractivity contribution in [3.63, 3.8) is 0 Å². The number of rotatable bonds is 7. The van der Waals surface area contributed by atoms with Crippen LogP contribution in [0.1, 0.15) is 27.2 Å². The van der Waals surface area contributed by atoms with Gasteiger partial charge in [0, 0.05) is 0 Å². The first-order valence-electron chi connectivity index (χ1n) is 7.72. The second kappa shape index (κ2) is 8.18. The van der Waals surface area contributed by atoms with Crippen molar-refractivity contribution >= 4 is 19.2 Å². The minimum absolute atomic E-state index is 0.0262. The predicted molar refractivity (Wildman–Crippen MR) is 92.5 cm³/mol. The summed E-state index contributed by atoms with van der Waals surface area (Å²) in [5.74, 6) is -0.0757. The monoisotopic (exact) mass is 304 g/mol.